The summed E-state index contributed by atoms with van der Waals surface area (Å²) in [6.07, 6.45) is 0.513. The van der Waals surface area contributed by atoms with Crippen molar-refractivity contribution in [1.29, 1.82) is 0 Å². The fourth-order valence-corrected chi connectivity index (χ4v) is 5.22. The molecule has 1 N–H and O–H groups in total. The minimum Gasteiger partial charge on any atom is -0.345 e. The van der Waals surface area contributed by atoms with E-state index in [-0.39, 0.29) is 36.0 Å². The lowest BCUT2D eigenvalue weighted by atomic mass is 9.98. The molecule has 198 valence electrons. The molecule has 39 heavy (non-hydrogen) atoms. The zero-order valence-corrected chi connectivity index (χ0v) is 23.3. The number of nitrogens with zero attached hydrogens (tertiary/aromatic N) is 5. The average Bonchev–Trinajstić information content (AvgIpc) is 3.55. The highest BCUT2D eigenvalue weighted by Crippen LogP contribution is 2.34. The Morgan fingerprint density at radius 1 is 1.03 bits per heavy atom. The van der Waals surface area contributed by atoms with Crippen LogP contribution in [0.1, 0.15) is 39.8 Å². The summed E-state index contributed by atoms with van der Waals surface area (Å²) in [4.78, 5) is 25.7. The summed E-state index contributed by atoms with van der Waals surface area (Å²) in [7, 11) is 1.79. The van der Waals surface area contributed by atoms with Crippen LogP contribution in [0.15, 0.2) is 93.6 Å². The van der Waals surface area contributed by atoms with Crippen LogP contribution in [0.3, 0.4) is 0 Å². The number of aromatic nitrogens is 3. The first-order chi connectivity index (χ1) is 18.9. The van der Waals surface area contributed by atoms with E-state index in [9.17, 15) is 14.0 Å². The summed E-state index contributed by atoms with van der Waals surface area (Å²) in [5.74, 6) is -0.101. The molecule has 0 radical (unpaired) electrons. The predicted molar refractivity (Wildman–Crippen MR) is 151 cm³/mol. The molecule has 0 unspecified atom stereocenters. The molecule has 1 atom stereocenters. The lowest BCUT2D eigenvalue weighted by Gasteiger charge is -2.22. The number of halogens is 2. The molecule has 3 aromatic carbocycles. The van der Waals surface area contributed by atoms with E-state index in [0.717, 1.165) is 21.3 Å². The topological polar surface area (TPSA) is 92.5 Å². The molecule has 1 aromatic heterocycles. The lowest BCUT2D eigenvalue weighted by molar-refractivity contribution is -0.130. The van der Waals surface area contributed by atoms with E-state index in [2.05, 4.69) is 36.5 Å². The summed E-state index contributed by atoms with van der Waals surface area (Å²) >= 11 is 4.69. The van der Waals surface area contributed by atoms with Gasteiger partial charge in [0.1, 0.15) is 5.82 Å². The molecular formula is C28H24BrFN6O2S. The fourth-order valence-electron chi connectivity index (χ4n) is 4.17. The SMILES string of the molecule is Cn1c(CNC(=O)c2ccccc2)nnc1SCC(=O)N1N=C(c2ccc(Br)cc2)C[C@@H]1c1ccc(F)cc1. The Kier molecular flexibility index (Phi) is 8.18. The van der Waals surface area contributed by atoms with Crippen LogP contribution in [0.5, 0.6) is 0 Å². The molecule has 2 amide bonds. The molecule has 0 saturated carbocycles. The molecule has 4 aromatic rings. The van der Waals surface area contributed by atoms with Gasteiger partial charge in [-0.3, -0.25) is 9.59 Å². The van der Waals surface area contributed by atoms with Gasteiger partial charge >= 0.3 is 0 Å². The average molecular weight is 608 g/mol. The number of hydrogen-bond acceptors (Lipinski definition) is 6. The molecule has 5 rings (SSSR count). The van der Waals surface area contributed by atoms with Crippen LogP contribution in [0.2, 0.25) is 0 Å². The normalized spacial score (nSPS) is 14.8. The predicted octanol–water partition coefficient (Wildman–Crippen LogP) is 5.12. The van der Waals surface area contributed by atoms with Gasteiger partial charge in [0.25, 0.3) is 11.8 Å². The van der Waals surface area contributed by atoms with E-state index in [0.29, 0.717) is 23.0 Å². The van der Waals surface area contributed by atoms with Gasteiger partial charge < -0.3 is 9.88 Å². The Morgan fingerprint density at radius 3 is 2.46 bits per heavy atom. The molecule has 0 aliphatic carbocycles. The third kappa shape index (κ3) is 6.26. The molecule has 11 heteroatoms. The number of benzene rings is 3. The standard InChI is InChI=1S/C28H24BrFN6O2S/c1-35-25(16-31-27(38)20-5-3-2-4-6-20)32-33-28(35)39-17-26(37)36-24(19-9-13-22(30)14-10-19)15-23(34-36)18-7-11-21(29)12-8-18/h2-14,24H,15-17H2,1H3,(H,31,38)/t24-/m1/s1. The van der Waals surface area contributed by atoms with Crippen molar-refractivity contribution in [2.45, 2.75) is 24.2 Å². The zero-order valence-electron chi connectivity index (χ0n) is 20.9. The Labute approximate surface area is 237 Å². The molecule has 0 fully saturated rings. The van der Waals surface area contributed by atoms with Gasteiger partial charge in [-0.05, 0) is 47.5 Å². The Hall–Kier alpha value is -3.83. The number of carbonyl (C=O) groups is 2. The van der Waals surface area contributed by atoms with Crippen LogP contribution in [0.4, 0.5) is 4.39 Å². The first kappa shape index (κ1) is 26.8. The first-order valence-corrected chi connectivity index (χ1v) is 13.9. The maximum Gasteiger partial charge on any atom is 0.253 e. The van der Waals surface area contributed by atoms with Gasteiger partial charge in [0.15, 0.2) is 11.0 Å². The largest absolute Gasteiger partial charge is 0.345 e. The Morgan fingerprint density at radius 2 is 1.74 bits per heavy atom. The fraction of sp³-hybridized carbons (Fsp3) is 0.179. The quantitative estimate of drug-likeness (QED) is 0.281. The minimum absolute atomic E-state index is 0.0805. The maximum atomic E-state index is 13.6. The molecule has 8 nitrogen and oxygen atoms in total. The van der Waals surface area contributed by atoms with Crippen molar-refractivity contribution in [2.24, 2.45) is 12.1 Å². The molecule has 2 heterocycles. The van der Waals surface area contributed by atoms with E-state index >= 15 is 0 Å². The molecule has 1 aliphatic rings. The first-order valence-electron chi connectivity index (χ1n) is 12.1. The van der Waals surface area contributed by atoms with Crippen molar-refractivity contribution in [3.8, 4) is 0 Å². The number of thioether (sulfide) groups is 1. The molecule has 0 spiro atoms. The summed E-state index contributed by atoms with van der Waals surface area (Å²) in [6.45, 7) is 0.200. The van der Waals surface area contributed by atoms with Crippen LogP contribution in [0.25, 0.3) is 0 Å². The summed E-state index contributed by atoms with van der Waals surface area (Å²) < 4.78 is 16.3. The van der Waals surface area contributed by atoms with Crippen molar-refractivity contribution in [3.05, 3.63) is 112 Å². The second-order valence-corrected chi connectivity index (χ2v) is 10.7. The smallest absolute Gasteiger partial charge is 0.253 e. The van der Waals surface area contributed by atoms with Crippen molar-refractivity contribution >= 4 is 45.2 Å². The minimum atomic E-state index is -0.347. The number of amides is 2. The van der Waals surface area contributed by atoms with Gasteiger partial charge in [-0.25, -0.2) is 9.40 Å². The lowest BCUT2D eigenvalue weighted by Crippen LogP contribution is -2.28. The highest BCUT2D eigenvalue weighted by atomic mass is 79.9. The summed E-state index contributed by atoms with van der Waals surface area (Å²) in [6, 6.07) is 22.5. The maximum absolute atomic E-state index is 13.6. The van der Waals surface area contributed by atoms with E-state index < -0.39 is 0 Å². The molecule has 0 bridgehead atoms. The van der Waals surface area contributed by atoms with Crippen molar-refractivity contribution in [1.82, 2.24) is 25.1 Å². The van der Waals surface area contributed by atoms with Crippen LogP contribution in [-0.4, -0.2) is 43.1 Å². The highest BCUT2D eigenvalue weighted by molar-refractivity contribution is 9.10. The number of rotatable bonds is 8. The van der Waals surface area contributed by atoms with Gasteiger partial charge in [0, 0.05) is 23.5 Å². The van der Waals surface area contributed by atoms with Crippen molar-refractivity contribution in [2.75, 3.05) is 5.75 Å². The summed E-state index contributed by atoms with van der Waals surface area (Å²) in [5.41, 5.74) is 3.07. The Balaban J connectivity index is 1.27. The Bertz CT molecular complexity index is 1510. The highest BCUT2D eigenvalue weighted by Gasteiger charge is 2.33. The number of carbonyl (C=O) groups excluding carboxylic acids is 2. The van der Waals surface area contributed by atoms with Gasteiger partial charge in [-0.15, -0.1) is 10.2 Å². The van der Waals surface area contributed by atoms with E-state index in [1.165, 1.54) is 28.9 Å². The summed E-state index contributed by atoms with van der Waals surface area (Å²) in [5, 5.41) is 17.9. The van der Waals surface area contributed by atoms with Crippen molar-refractivity contribution < 1.29 is 14.0 Å². The van der Waals surface area contributed by atoms with Crippen LogP contribution in [0, 0.1) is 5.82 Å². The van der Waals surface area contributed by atoms with E-state index in [4.69, 9.17) is 0 Å². The molecule has 0 saturated heterocycles. The van der Waals surface area contributed by atoms with Crippen LogP contribution < -0.4 is 5.32 Å². The monoisotopic (exact) mass is 606 g/mol. The number of hydrogen-bond donors (Lipinski definition) is 1. The van der Waals surface area contributed by atoms with Crippen molar-refractivity contribution in [3.63, 3.8) is 0 Å². The third-order valence-corrected chi connectivity index (χ3v) is 7.82. The molecule has 1 aliphatic heterocycles. The van der Waals surface area contributed by atoms with Crippen LogP contribution in [-0.2, 0) is 18.4 Å². The zero-order chi connectivity index (χ0) is 27.4. The van der Waals surface area contributed by atoms with E-state index in [1.807, 2.05) is 30.3 Å². The van der Waals surface area contributed by atoms with Gasteiger partial charge in [0.2, 0.25) is 0 Å². The van der Waals surface area contributed by atoms with Crippen LogP contribution >= 0.6 is 27.7 Å². The number of hydrazone groups is 1. The van der Waals surface area contributed by atoms with Gasteiger partial charge in [-0.2, -0.15) is 5.10 Å². The van der Waals surface area contributed by atoms with E-state index in [1.54, 1.807) is 48.0 Å². The second kappa shape index (κ2) is 11.9. The third-order valence-electron chi connectivity index (χ3n) is 6.29. The number of nitrogens with one attached hydrogen (secondary N) is 1. The van der Waals surface area contributed by atoms with Gasteiger partial charge in [-0.1, -0.05) is 70.2 Å². The van der Waals surface area contributed by atoms with Gasteiger partial charge in [0.05, 0.1) is 24.1 Å². The molecular weight excluding hydrogens is 583 g/mol. The second-order valence-electron chi connectivity index (χ2n) is 8.86.